The summed E-state index contributed by atoms with van der Waals surface area (Å²) in [6.45, 7) is 0.350. The molecular formula is C20H17F4N5O2. The number of ether oxygens (including phenoxy) is 1. The molecule has 0 aliphatic carbocycles. The Hall–Kier alpha value is -3.34. The van der Waals surface area contributed by atoms with E-state index in [9.17, 15) is 18.0 Å². The predicted octanol–water partition coefficient (Wildman–Crippen LogP) is 3.81. The molecule has 7 nitrogen and oxygen atoms in total. The molecule has 1 N–H and O–H groups in total. The van der Waals surface area contributed by atoms with Crippen LogP contribution in [0.2, 0.25) is 0 Å². The van der Waals surface area contributed by atoms with E-state index in [2.05, 4.69) is 20.5 Å². The van der Waals surface area contributed by atoms with Gasteiger partial charge in [0.2, 0.25) is 0 Å². The third kappa shape index (κ3) is 3.88. The molecule has 4 rings (SSSR count). The molecule has 31 heavy (non-hydrogen) atoms. The number of hydrogen-bond donors (Lipinski definition) is 1. The highest BCUT2D eigenvalue weighted by atomic mass is 19.4. The van der Waals surface area contributed by atoms with Gasteiger partial charge in [0.05, 0.1) is 6.61 Å². The number of alkyl halides is 4. The molecule has 0 radical (unpaired) electrons. The van der Waals surface area contributed by atoms with Gasteiger partial charge < -0.3 is 14.6 Å². The SMILES string of the molecule is Cn1cnnc1[C@H](F)[C@]1(c2cccc(NC(=O)c3cccc(C(F)(F)F)n3)c2)CCO1. The van der Waals surface area contributed by atoms with E-state index in [-0.39, 0.29) is 11.5 Å². The Kier molecular flexibility index (Phi) is 5.21. The minimum Gasteiger partial charge on any atom is -0.367 e. The fourth-order valence-electron chi connectivity index (χ4n) is 3.40. The standard InChI is InChI=1S/C20H17F4N5O2/c1-29-11-25-28-17(29)16(21)19(8-9-31-19)12-4-2-5-13(10-12)26-18(30)14-6-3-7-15(27-14)20(22,23)24/h2-7,10-11,16H,8-9H2,1H3,(H,26,30)/t16-,19+/m0/s1. The summed E-state index contributed by atoms with van der Waals surface area (Å²) in [4.78, 5) is 15.8. The summed E-state index contributed by atoms with van der Waals surface area (Å²) in [6, 6.07) is 9.37. The summed E-state index contributed by atoms with van der Waals surface area (Å²) < 4.78 is 61.0. The highest BCUT2D eigenvalue weighted by molar-refractivity contribution is 6.02. The Labute approximate surface area is 174 Å². The van der Waals surface area contributed by atoms with Crippen molar-refractivity contribution in [2.24, 2.45) is 7.05 Å². The number of nitrogens with zero attached hydrogens (tertiary/aromatic N) is 4. The molecule has 0 unspecified atom stereocenters. The fraction of sp³-hybridized carbons (Fsp3) is 0.300. The molecule has 1 aromatic carbocycles. The summed E-state index contributed by atoms with van der Waals surface area (Å²) in [6.07, 6.45) is -4.51. The van der Waals surface area contributed by atoms with Gasteiger partial charge in [0.1, 0.15) is 23.3 Å². The van der Waals surface area contributed by atoms with Crippen molar-refractivity contribution in [2.45, 2.75) is 24.4 Å². The van der Waals surface area contributed by atoms with Crippen LogP contribution in [0.4, 0.5) is 23.2 Å². The Morgan fingerprint density at radius 3 is 2.61 bits per heavy atom. The number of rotatable bonds is 5. The lowest BCUT2D eigenvalue weighted by Crippen LogP contribution is -2.45. The highest BCUT2D eigenvalue weighted by Gasteiger charge is 2.50. The van der Waals surface area contributed by atoms with E-state index in [1.54, 1.807) is 19.2 Å². The van der Waals surface area contributed by atoms with E-state index in [1.165, 1.54) is 29.1 Å². The smallest absolute Gasteiger partial charge is 0.367 e. The third-order valence-electron chi connectivity index (χ3n) is 5.10. The van der Waals surface area contributed by atoms with E-state index in [0.29, 0.717) is 18.6 Å². The lowest BCUT2D eigenvalue weighted by molar-refractivity contribution is -0.198. The Morgan fingerprint density at radius 1 is 1.26 bits per heavy atom. The van der Waals surface area contributed by atoms with Gasteiger partial charge >= 0.3 is 6.18 Å². The lowest BCUT2D eigenvalue weighted by Gasteiger charge is -2.44. The Balaban J connectivity index is 1.59. The van der Waals surface area contributed by atoms with Crippen molar-refractivity contribution in [1.29, 1.82) is 0 Å². The number of anilines is 1. The number of carbonyl (C=O) groups is 1. The van der Waals surface area contributed by atoms with Gasteiger partial charge in [0.15, 0.2) is 12.0 Å². The van der Waals surface area contributed by atoms with Gasteiger partial charge in [-0.05, 0) is 29.8 Å². The van der Waals surface area contributed by atoms with Gasteiger partial charge in [0, 0.05) is 19.2 Å². The first kappa shape index (κ1) is 20.9. The van der Waals surface area contributed by atoms with Gasteiger partial charge in [0.25, 0.3) is 5.91 Å². The van der Waals surface area contributed by atoms with Crippen molar-refractivity contribution in [3.63, 3.8) is 0 Å². The molecule has 3 heterocycles. The summed E-state index contributed by atoms with van der Waals surface area (Å²) in [5.41, 5.74) is -2.13. The molecule has 2 atom stereocenters. The van der Waals surface area contributed by atoms with Crippen LogP contribution < -0.4 is 5.32 Å². The monoisotopic (exact) mass is 435 g/mol. The minimum absolute atomic E-state index is 0.0994. The van der Waals surface area contributed by atoms with Gasteiger partial charge in [-0.1, -0.05) is 18.2 Å². The van der Waals surface area contributed by atoms with Crippen molar-refractivity contribution in [3.05, 3.63) is 71.6 Å². The molecule has 1 fully saturated rings. The van der Waals surface area contributed by atoms with Crippen LogP contribution in [0.3, 0.4) is 0 Å². The average molecular weight is 435 g/mol. The van der Waals surface area contributed by atoms with E-state index < -0.39 is 35.2 Å². The number of nitrogens with one attached hydrogen (secondary N) is 1. The minimum atomic E-state index is -4.67. The van der Waals surface area contributed by atoms with Crippen LogP contribution in [0.1, 0.15) is 40.2 Å². The van der Waals surface area contributed by atoms with Crippen LogP contribution >= 0.6 is 0 Å². The Morgan fingerprint density at radius 2 is 2.00 bits per heavy atom. The number of pyridine rings is 1. The van der Waals surface area contributed by atoms with Crippen molar-refractivity contribution in [1.82, 2.24) is 19.7 Å². The number of benzene rings is 1. The highest BCUT2D eigenvalue weighted by Crippen LogP contribution is 2.49. The molecule has 0 spiro atoms. The molecule has 3 aromatic rings. The molecule has 2 aromatic heterocycles. The summed E-state index contributed by atoms with van der Waals surface area (Å²) in [5.74, 6) is -0.723. The van der Waals surface area contributed by atoms with Crippen molar-refractivity contribution in [3.8, 4) is 0 Å². The van der Waals surface area contributed by atoms with Crippen LogP contribution in [-0.2, 0) is 23.6 Å². The van der Waals surface area contributed by atoms with Gasteiger partial charge in [-0.2, -0.15) is 13.2 Å². The zero-order valence-corrected chi connectivity index (χ0v) is 16.2. The molecule has 162 valence electrons. The second kappa shape index (κ2) is 7.73. The number of hydrogen-bond acceptors (Lipinski definition) is 5. The van der Waals surface area contributed by atoms with E-state index in [1.807, 2.05) is 0 Å². The first-order chi connectivity index (χ1) is 14.7. The van der Waals surface area contributed by atoms with Crippen molar-refractivity contribution in [2.75, 3.05) is 11.9 Å². The summed E-state index contributed by atoms with van der Waals surface area (Å²) in [7, 11) is 1.62. The second-order valence-corrected chi connectivity index (χ2v) is 7.09. The molecule has 0 bridgehead atoms. The molecule has 1 aliphatic rings. The van der Waals surface area contributed by atoms with Gasteiger partial charge in [-0.25, -0.2) is 9.37 Å². The van der Waals surface area contributed by atoms with Crippen LogP contribution in [0, 0.1) is 0 Å². The average Bonchev–Trinajstić information content (AvgIpc) is 3.13. The number of carbonyl (C=O) groups excluding carboxylic acids is 1. The van der Waals surface area contributed by atoms with E-state index in [4.69, 9.17) is 4.74 Å². The van der Waals surface area contributed by atoms with E-state index >= 15 is 4.39 Å². The van der Waals surface area contributed by atoms with Crippen LogP contribution in [0.15, 0.2) is 48.8 Å². The normalized spacial score (nSPS) is 19.5. The summed E-state index contributed by atoms with van der Waals surface area (Å²) >= 11 is 0. The molecule has 1 amide bonds. The number of aromatic nitrogens is 4. The van der Waals surface area contributed by atoms with Gasteiger partial charge in [-0.15, -0.1) is 10.2 Å². The maximum absolute atomic E-state index is 15.4. The lowest BCUT2D eigenvalue weighted by atomic mass is 9.81. The quantitative estimate of drug-likeness (QED) is 0.617. The number of halogens is 4. The fourth-order valence-corrected chi connectivity index (χ4v) is 3.40. The molecule has 1 aliphatic heterocycles. The first-order valence-corrected chi connectivity index (χ1v) is 9.29. The number of amides is 1. The molecule has 1 saturated heterocycles. The molecule has 11 heteroatoms. The van der Waals surface area contributed by atoms with Gasteiger partial charge in [-0.3, -0.25) is 4.79 Å². The molecular weight excluding hydrogens is 418 g/mol. The zero-order chi connectivity index (χ0) is 22.2. The van der Waals surface area contributed by atoms with Crippen LogP contribution in [0.25, 0.3) is 0 Å². The zero-order valence-electron chi connectivity index (χ0n) is 16.2. The largest absolute Gasteiger partial charge is 0.433 e. The van der Waals surface area contributed by atoms with Crippen LogP contribution in [-0.4, -0.2) is 32.3 Å². The maximum atomic E-state index is 15.4. The number of aryl methyl sites for hydroxylation is 1. The molecule has 0 saturated carbocycles. The van der Waals surface area contributed by atoms with Crippen LogP contribution in [0.5, 0.6) is 0 Å². The topological polar surface area (TPSA) is 81.9 Å². The van der Waals surface area contributed by atoms with Crippen molar-refractivity contribution >= 4 is 11.6 Å². The van der Waals surface area contributed by atoms with Crippen molar-refractivity contribution < 1.29 is 27.1 Å². The third-order valence-corrected chi connectivity index (χ3v) is 5.10. The van der Waals surface area contributed by atoms with E-state index in [0.717, 1.165) is 12.1 Å². The Bertz CT molecular complexity index is 1110. The first-order valence-electron chi connectivity index (χ1n) is 9.29. The predicted molar refractivity (Wildman–Crippen MR) is 101 cm³/mol. The summed E-state index contributed by atoms with van der Waals surface area (Å²) in [5, 5.41) is 10.0. The second-order valence-electron chi connectivity index (χ2n) is 7.09. The maximum Gasteiger partial charge on any atom is 0.433 e.